The summed E-state index contributed by atoms with van der Waals surface area (Å²) >= 11 is 0. The zero-order valence-corrected chi connectivity index (χ0v) is 11.3. The molecular formula is C16H16N4. The molecule has 0 saturated heterocycles. The first-order valence-corrected chi connectivity index (χ1v) is 7.10. The van der Waals surface area contributed by atoms with Gasteiger partial charge in [0.15, 0.2) is 5.41 Å². The molecule has 3 aliphatic rings. The second kappa shape index (κ2) is 4.12. The number of hydrogen-bond donors (Lipinski definition) is 1. The fourth-order valence-electron chi connectivity index (χ4n) is 4.65. The van der Waals surface area contributed by atoms with Crippen LogP contribution in [0.5, 0.6) is 0 Å². The third-order valence-electron chi connectivity index (χ3n) is 5.51. The highest BCUT2D eigenvalue weighted by atomic mass is 14.8. The first kappa shape index (κ1) is 12.8. The van der Waals surface area contributed by atoms with Gasteiger partial charge in [-0.05, 0) is 37.2 Å². The summed E-state index contributed by atoms with van der Waals surface area (Å²) in [5.41, 5.74) is 6.02. The number of hydrogen-bond acceptors (Lipinski definition) is 4. The topological polar surface area (TPSA) is 97.4 Å². The van der Waals surface area contributed by atoms with E-state index in [4.69, 9.17) is 5.73 Å². The van der Waals surface area contributed by atoms with Crippen molar-refractivity contribution in [2.45, 2.75) is 38.5 Å². The van der Waals surface area contributed by atoms with Crippen LogP contribution in [0.1, 0.15) is 38.5 Å². The molecule has 3 rings (SSSR count). The molecule has 0 aromatic rings. The van der Waals surface area contributed by atoms with Crippen LogP contribution in [-0.4, -0.2) is 0 Å². The van der Waals surface area contributed by atoms with Crippen molar-refractivity contribution in [3.05, 3.63) is 22.9 Å². The van der Waals surface area contributed by atoms with Gasteiger partial charge in [0.25, 0.3) is 0 Å². The highest BCUT2D eigenvalue weighted by Crippen LogP contribution is 2.65. The van der Waals surface area contributed by atoms with Crippen LogP contribution in [-0.2, 0) is 0 Å². The predicted molar refractivity (Wildman–Crippen MR) is 72.2 cm³/mol. The van der Waals surface area contributed by atoms with Crippen LogP contribution in [0.4, 0.5) is 0 Å². The van der Waals surface area contributed by atoms with Gasteiger partial charge in [-0.15, -0.1) is 0 Å². The van der Waals surface area contributed by atoms with Gasteiger partial charge in [0.1, 0.15) is 6.07 Å². The minimum atomic E-state index is -1.33. The number of nitrogens with two attached hydrogens (primary N) is 1. The molecule has 0 aliphatic heterocycles. The Hall–Kier alpha value is -2.25. The van der Waals surface area contributed by atoms with Gasteiger partial charge in [-0.25, -0.2) is 0 Å². The number of nitrogens with zero attached hydrogens (tertiary/aromatic N) is 3. The molecule has 1 atom stereocenters. The summed E-state index contributed by atoms with van der Waals surface area (Å²) in [7, 11) is 0. The van der Waals surface area contributed by atoms with E-state index in [0.717, 1.165) is 44.1 Å². The van der Waals surface area contributed by atoms with Crippen molar-refractivity contribution in [2.75, 3.05) is 0 Å². The maximum Gasteiger partial charge on any atom is 0.190 e. The van der Waals surface area contributed by atoms with Gasteiger partial charge in [-0.2, -0.15) is 15.8 Å². The van der Waals surface area contributed by atoms with Crippen LogP contribution in [0, 0.1) is 50.7 Å². The summed E-state index contributed by atoms with van der Waals surface area (Å²) in [5.74, 6) is 0.145. The molecular weight excluding hydrogens is 248 g/mol. The molecule has 20 heavy (non-hydrogen) atoms. The Kier molecular flexibility index (Phi) is 2.63. The SMILES string of the molecule is N#CC1=C(N)C(C#N)(C#N)C2(CCCC2)C2CCC=C12. The summed E-state index contributed by atoms with van der Waals surface area (Å²) in [6.07, 6.45) is 7.69. The Bertz CT molecular complexity index is 627. The average Bonchev–Trinajstić information content (AvgIpc) is 3.11. The lowest BCUT2D eigenvalue weighted by molar-refractivity contribution is 0.0972. The molecule has 0 aromatic heterocycles. The standard InChI is InChI=1S/C16H16N4/c17-8-12-11-4-3-5-13(11)15(6-1-2-7-15)16(9-18,10-19)14(12)20/h4,13H,1-3,5-7,20H2. The largest absolute Gasteiger partial charge is 0.399 e. The number of allylic oxidation sites excluding steroid dienone is 4. The molecule has 1 unspecified atom stereocenters. The minimum Gasteiger partial charge on any atom is -0.399 e. The second-order valence-electron chi connectivity index (χ2n) is 6.03. The Morgan fingerprint density at radius 1 is 1.15 bits per heavy atom. The quantitative estimate of drug-likeness (QED) is 0.727. The summed E-state index contributed by atoms with van der Waals surface area (Å²) in [5, 5.41) is 28.9. The molecule has 2 N–H and O–H groups in total. The molecule has 0 radical (unpaired) electrons. The Labute approximate surface area is 118 Å². The molecule has 0 aromatic carbocycles. The van der Waals surface area contributed by atoms with Crippen LogP contribution in [0.3, 0.4) is 0 Å². The van der Waals surface area contributed by atoms with Gasteiger partial charge >= 0.3 is 0 Å². The van der Waals surface area contributed by atoms with E-state index in [9.17, 15) is 15.8 Å². The molecule has 1 saturated carbocycles. The number of rotatable bonds is 0. The summed E-state index contributed by atoms with van der Waals surface area (Å²) in [6, 6.07) is 6.55. The molecule has 4 heteroatoms. The van der Waals surface area contributed by atoms with Crippen molar-refractivity contribution in [3.8, 4) is 18.2 Å². The Balaban J connectivity index is 2.34. The van der Waals surface area contributed by atoms with Gasteiger partial charge in [-0.1, -0.05) is 18.9 Å². The van der Waals surface area contributed by atoms with Gasteiger partial charge in [0.05, 0.1) is 23.4 Å². The van der Waals surface area contributed by atoms with Gasteiger partial charge in [-0.3, -0.25) is 0 Å². The van der Waals surface area contributed by atoms with Crippen molar-refractivity contribution in [1.82, 2.24) is 0 Å². The van der Waals surface area contributed by atoms with Crippen molar-refractivity contribution in [3.63, 3.8) is 0 Å². The molecule has 1 spiro atoms. The summed E-state index contributed by atoms with van der Waals surface area (Å²) in [6.45, 7) is 0. The third kappa shape index (κ3) is 1.19. The molecule has 0 amide bonds. The zero-order valence-electron chi connectivity index (χ0n) is 11.3. The molecule has 4 nitrogen and oxygen atoms in total. The highest BCUT2D eigenvalue weighted by molar-refractivity contribution is 5.58. The van der Waals surface area contributed by atoms with Crippen LogP contribution in [0.2, 0.25) is 0 Å². The predicted octanol–water partition coefficient (Wildman–Crippen LogP) is 2.67. The smallest absolute Gasteiger partial charge is 0.190 e. The molecule has 0 heterocycles. The van der Waals surface area contributed by atoms with Crippen molar-refractivity contribution in [2.24, 2.45) is 22.5 Å². The second-order valence-corrected chi connectivity index (χ2v) is 6.03. The number of nitriles is 3. The minimum absolute atomic E-state index is 0.145. The Morgan fingerprint density at radius 3 is 2.35 bits per heavy atom. The fraction of sp³-hybridized carbons (Fsp3) is 0.562. The monoisotopic (exact) mass is 264 g/mol. The van der Waals surface area contributed by atoms with E-state index in [2.05, 4.69) is 24.3 Å². The average molecular weight is 264 g/mol. The van der Waals surface area contributed by atoms with E-state index < -0.39 is 5.41 Å². The van der Waals surface area contributed by atoms with Gasteiger partial charge in [0.2, 0.25) is 0 Å². The van der Waals surface area contributed by atoms with E-state index in [-0.39, 0.29) is 17.0 Å². The van der Waals surface area contributed by atoms with Gasteiger partial charge < -0.3 is 5.73 Å². The normalized spacial score (nSPS) is 29.2. The molecule has 100 valence electrons. The van der Waals surface area contributed by atoms with E-state index >= 15 is 0 Å². The first-order chi connectivity index (χ1) is 9.66. The molecule has 3 aliphatic carbocycles. The van der Waals surface area contributed by atoms with Crippen LogP contribution in [0.15, 0.2) is 22.9 Å². The lowest BCUT2D eigenvalue weighted by Gasteiger charge is -2.49. The summed E-state index contributed by atoms with van der Waals surface area (Å²) in [4.78, 5) is 0. The Morgan fingerprint density at radius 2 is 1.80 bits per heavy atom. The van der Waals surface area contributed by atoms with Crippen LogP contribution in [0.25, 0.3) is 0 Å². The third-order valence-corrected chi connectivity index (χ3v) is 5.51. The van der Waals surface area contributed by atoms with Crippen molar-refractivity contribution >= 4 is 0 Å². The van der Waals surface area contributed by atoms with Crippen molar-refractivity contribution in [1.29, 1.82) is 15.8 Å². The number of fused-ring (bicyclic) bond motifs is 2. The first-order valence-electron chi connectivity index (χ1n) is 7.10. The van der Waals surface area contributed by atoms with Gasteiger partial charge in [0, 0.05) is 5.41 Å². The van der Waals surface area contributed by atoms with Crippen LogP contribution >= 0.6 is 0 Å². The lowest BCUT2D eigenvalue weighted by atomic mass is 9.50. The summed E-state index contributed by atoms with van der Waals surface area (Å²) < 4.78 is 0. The van der Waals surface area contributed by atoms with E-state index in [1.54, 1.807) is 0 Å². The lowest BCUT2D eigenvalue weighted by Crippen LogP contribution is -2.50. The molecule has 1 fully saturated rings. The maximum atomic E-state index is 9.76. The zero-order chi connectivity index (χ0) is 14.4. The fourth-order valence-corrected chi connectivity index (χ4v) is 4.65. The van der Waals surface area contributed by atoms with E-state index in [1.807, 2.05) is 0 Å². The van der Waals surface area contributed by atoms with E-state index in [1.165, 1.54) is 0 Å². The molecule has 0 bridgehead atoms. The van der Waals surface area contributed by atoms with Crippen molar-refractivity contribution < 1.29 is 0 Å². The van der Waals surface area contributed by atoms with E-state index in [0.29, 0.717) is 5.57 Å². The van der Waals surface area contributed by atoms with Crippen LogP contribution < -0.4 is 5.73 Å². The maximum absolute atomic E-state index is 9.76. The highest BCUT2D eigenvalue weighted by Gasteiger charge is 2.64.